The van der Waals surface area contributed by atoms with Gasteiger partial charge in [0.15, 0.2) is 17.1 Å². The van der Waals surface area contributed by atoms with Gasteiger partial charge in [-0.05, 0) is 118 Å². The highest BCUT2D eigenvalue weighted by Crippen LogP contribution is 2.44. The zero-order valence-electron chi connectivity index (χ0n) is 34.9. The minimum absolute atomic E-state index is 0.0724. The van der Waals surface area contributed by atoms with Crippen molar-refractivity contribution in [2.75, 3.05) is 81.1 Å². The van der Waals surface area contributed by atoms with Gasteiger partial charge in [0, 0.05) is 81.6 Å². The van der Waals surface area contributed by atoms with E-state index in [2.05, 4.69) is 59.7 Å². The molecule has 16 heteroatoms. The van der Waals surface area contributed by atoms with Gasteiger partial charge in [-0.25, -0.2) is 14.8 Å². The molecular weight excluding hydrogens is 775 g/mol. The molecule has 5 amide bonds. The summed E-state index contributed by atoms with van der Waals surface area (Å²) in [5.74, 6) is -0.101. The Morgan fingerprint density at radius 2 is 1.72 bits per heavy atom. The number of nitrogens with one attached hydrogen (secondary N) is 2. The maximum Gasteiger partial charge on any atom is 0.320 e. The summed E-state index contributed by atoms with van der Waals surface area (Å²) in [5, 5.41) is 11.0. The van der Waals surface area contributed by atoms with E-state index in [0.717, 1.165) is 94.7 Å². The fraction of sp³-hybridized carbons (Fsp3) is 0.533. The Hall–Kier alpha value is -5.77. The van der Waals surface area contributed by atoms with Crippen LogP contribution in [0.5, 0.6) is 0 Å². The first-order valence-electron chi connectivity index (χ1n) is 22.1. The van der Waals surface area contributed by atoms with Gasteiger partial charge in [-0.2, -0.15) is 0 Å². The number of aromatic nitrogens is 3. The van der Waals surface area contributed by atoms with Crippen molar-refractivity contribution < 1.29 is 23.7 Å². The molecule has 7 heterocycles. The molecule has 2 aromatic carbocycles. The molecule has 2 unspecified atom stereocenters. The topological polar surface area (TPSA) is 186 Å². The largest absolute Gasteiger partial charge is 0.371 e. The van der Waals surface area contributed by atoms with Crippen LogP contribution < -0.4 is 26.2 Å². The molecule has 1 spiro atoms. The van der Waals surface area contributed by atoms with Gasteiger partial charge >= 0.3 is 6.03 Å². The highest BCUT2D eigenvalue weighted by atomic mass is 16.5. The SMILES string of the molecule is CN1CCN([C@@H]2CCCN(c3cnc(C(N)=O)c(Nc4ccc(N5CCC6(CCN(CC7Cc8ccc9c(C%10CCC(=O)NC%10=O)noc9c8C7)CC6)CC5)cc4)n3)C2)C1=O. The minimum atomic E-state index is -0.644. The van der Waals surface area contributed by atoms with Gasteiger partial charge in [-0.3, -0.25) is 19.7 Å². The van der Waals surface area contributed by atoms with Crippen molar-refractivity contribution in [1.29, 1.82) is 0 Å². The summed E-state index contributed by atoms with van der Waals surface area (Å²) >= 11 is 0. The van der Waals surface area contributed by atoms with E-state index in [1.165, 1.54) is 42.5 Å². The third-order valence-electron chi connectivity index (χ3n) is 14.6. The molecule has 0 radical (unpaired) electrons. The van der Waals surface area contributed by atoms with Gasteiger partial charge in [0.25, 0.3) is 5.91 Å². The van der Waals surface area contributed by atoms with Crippen molar-refractivity contribution in [3.05, 3.63) is 65.1 Å². The molecule has 61 heavy (non-hydrogen) atoms. The summed E-state index contributed by atoms with van der Waals surface area (Å²) in [6.07, 6.45) is 11.0. The van der Waals surface area contributed by atoms with Crippen molar-refractivity contribution in [3.63, 3.8) is 0 Å². The minimum Gasteiger partial charge on any atom is -0.371 e. The third kappa shape index (κ3) is 7.63. The van der Waals surface area contributed by atoms with Gasteiger partial charge in [-0.15, -0.1) is 0 Å². The number of primary amides is 1. The number of likely N-dealkylation sites (N-methyl/N-ethyl adjacent to an activating group) is 1. The van der Waals surface area contributed by atoms with Crippen LogP contribution in [0.1, 0.15) is 84.6 Å². The Bertz CT molecular complexity index is 2350. The quantitative estimate of drug-likeness (QED) is 0.202. The van der Waals surface area contributed by atoms with E-state index in [4.69, 9.17) is 15.2 Å². The van der Waals surface area contributed by atoms with E-state index in [9.17, 15) is 19.2 Å². The molecule has 4 N–H and O–H groups in total. The highest BCUT2D eigenvalue weighted by molar-refractivity contribution is 6.02. The lowest BCUT2D eigenvalue weighted by Crippen LogP contribution is -2.49. The highest BCUT2D eigenvalue weighted by Gasteiger charge is 2.40. The first-order valence-corrected chi connectivity index (χ1v) is 22.1. The lowest BCUT2D eigenvalue weighted by molar-refractivity contribution is -0.134. The summed E-state index contributed by atoms with van der Waals surface area (Å²) in [7, 11) is 1.84. The molecule has 5 saturated heterocycles. The average Bonchev–Trinajstić information content (AvgIpc) is 3.98. The molecule has 0 saturated carbocycles. The Labute approximate surface area is 355 Å². The predicted octanol–water partition coefficient (Wildman–Crippen LogP) is 4.41. The maximum atomic E-state index is 12.7. The van der Waals surface area contributed by atoms with E-state index in [-0.39, 0.29) is 29.6 Å². The van der Waals surface area contributed by atoms with Crippen molar-refractivity contribution >= 4 is 57.7 Å². The smallest absolute Gasteiger partial charge is 0.320 e. The molecule has 4 aromatic rings. The van der Waals surface area contributed by atoms with Crippen LogP contribution >= 0.6 is 0 Å². The second-order valence-corrected chi connectivity index (χ2v) is 18.3. The van der Waals surface area contributed by atoms with Crippen LogP contribution in [0.15, 0.2) is 47.1 Å². The van der Waals surface area contributed by atoms with Gasteiger partial charge in [0.1, 0.15) is 11.5 Å². The van der Waals surface area contributed by atoms with Crippen molar-refractivity contribution in [1.82, 2.24) is 35.1 Å². The normalized spacial score (nSPS) is 24.5. The van der Waals surface area contributed by atoms with Crippen LogP contribution in [-0.2, 0) is 22.4 Å². The molecule has 16 nitrogen and oxygen atoms in total. The van der Waals surface area contributed by atoms with Crippen molar-refractivity contribution in [2.45, 2.75) is 76.2 Å². The number of hydrogen-bond donors (Lipinski definition) is 3. The Morgan fingerprint density at radius 3 is 2.46 bits per heavy atom. The number of carbonyl (C=O) groups excluding carboxylic acids is 4. The predicted molar refractivity (Wildman–Crippen MR) is 230 cm³/mol. The fourth-order valence-electron chi connectivity index (χ4n) is 11.0. The van der Waals surface area contributed by atoms with Crippen molar-refractivity contribution in [3.8, 4) is 0 Å². The van der Waals surface area contributed by atoms with Gasteiger partial charge in [0.05, 0.1) is 18.2 Å². The first-order chi connectivity index (χ1) is 29.6. The number of likely N-dealkylation sites (tertiary alicyclic amines) is 1. The van der Waals surface area contributed by atoms with Crippen LogP contribution in [-0.4, -0.2) is 126 Å². The molecule has 5 fully saturated rings. The van der Waals surface area contributed by atoms with E-state index < -0.39 is 11.8 Å². The maximum absolute atomic E-state index is 12.7. The molecule has 10 rings (SSSR count). The second kappa shape index (κ2) is 15.9. The fourth-order valence-corrected chi connectivity index (χ4v) is 11.0. The van der Waals surface area contributed by atoms with E-state index in [1.807, 2.05) is 24.1 Å². The Kier molecular flexibility index (Phi) is 10.3. The van der Waals surface area contributed by atoms with E-state index >= 15 is 0 Å². The summed E-state index contributed by atoms with van der Waals surface area (Å²) in [6.45, 7) is 8.28. The standard InChI is InChI=1S/C45H55N11O5/c1-52-21-22-56(44(52)60)32-3-2-16-55(27-32)36-25-47-39(41(46)58)42(49-36)48-30-5-7-31(8-6-30)54-19-14-45(15-20-54)12-17-53(18-13-45)26-28-23-29-4-9-33-38(51-61-40(33)35(29)24-28)34-10-11-37(57)50-43(34)59/h4-9,25,28,32,34H,2-3,10-24,26-27H2,1H3,(H2,46,58)(H,48,49)(H,50,57,59)/t28?,32-,34?/m1/s1. The van der Waals surface area contributed by atoms with Crippen LogP contribution in [0.3, 0.4) is 0 Å². The summed E-state index contributed by atoms with van der Waals surface area (Å²) in [5.41, 5.74) is 12.2. The molecule has 320 valence electrons. The van der Waals surface area contributed by atoms with Crippen LogP contribution in [0.2, 0.25) is 0 Å². The number of urea groups is 1. The molecule has 0 bridgehead atoms. The number of rotatable bonds is 9. The Morgan fingerprint density at radius 1 is 0.934 bits per heavy atom. The van der Waals surface area contributed by atoms with Crippen LogP contribution in [0.4, 0.5) is 27.8 Å². The number of hydrogen-bond acceptors (Lipinski definition) is 12. The Balaban J connectivity index is 0.716. The summed E-state index contributed by atoms with van der Waals surface area (Å²) in [4.78, 5) is 69.7. The average molecular weight is 830 g/mol. The number of nitrogens with two attached hydrogens (primary N) is 1. The number of amides is 5. The molecule has 6 aliphatic rings. The summed E-state index contributed by atoms with van der Waals surface area (Å²) in [6, 6.07) is 12.7. The third-order valence-corrected chi connectivity index (χ3v) is 14.6. The van der Waals surface area contributed by atoms with Crippen LogP contribution in [0.25, 0.3) is 11.0 Å². The van der Waals surface area contributed by atoms with Gasteiger partial charge in [0.2, 0.25) is 11.8 Å². The molecule has 1 aliphatic carbocycles. The zero-order valence-corrected chi connectivity index (χ0v) is 34.9. The molecule has 5 aliphatic heterocycles. The van der Waals surface area contributed by atoms with E-state index in [1.54, 1.807) is 11.1 Å². The first kappa shape index (κ1) is 39.4. The number of carbonyl (C=O) groups is 4. The van der Waals surface area contributed by atoms with E-state index in [0.29, 0.717) is 48.0 Å². The number of nitrogens with zero attached hydrogens (tertiary/aromatic N) is 8. The number of imide groups is 1. The number of piperidine rings is 4. The van der Waals surface area contributed by atoms with Crippen LogP contribution in [0, 0.1) is 11.3 Å². The molecular formula is C45H55N11O5. The van der Waals surface area contributed by atoms with Gasteiger partial charge < -0.3 is 40.1 Å². The van der Waals surface area contributed by atoms with Crippen molar-refractivity contribution in [2.24, 2.45) is 17.1 Å². The number of fused-ring (bicyclic) bond motifs is 3. The molecule has 3 atom stereocenters. The zero-order chi connectivity index (χ0) is 41.8. The lowest BCUT2D eigenvalue weighted by atomic mass is 9.71. The number of benzene rings is 2. The lowest BCUT2D eigenvalue weighted by Gasteiger charge is -2.47. The monoisotopic (exact) mass is 829 g/mol. The summed E-state index contributed by atoms with van der Waals surface area (Å²) < 4.78 is 5.89. The number of anilines is 4. The van der Waals surface area contributed by atoms with Gasteiger partial charge in [-0.1, -0.05) is 11.2 Å². The second-order valence-electron chi connectivity index (χ2n) is 18.3. The molecule has 2 aromatic heterocycles.